The van der Waals surface area contributed by atoms with E-state index >= 15 is 0 Å². The van der Waals surface area contributed by atoms with Crippen molar-refractivity contribution in [1.82, 2.24) is 0 Å². The van der Waals surface area contributed by atoms with E-state index in [1.54, 1.807) is 13.8 Å². The molecule has 0 bridgehead atoms. The Bertz CT molecular complexity index is 629. The van der Waals surface area contributed by atoms with E-state index in [1.165, 1.54) is 0 Å². The van der Waals surface area contributed by atoms with Gasteiger partial charge in [0.15, 0.2) is 30.1 Å². The van der Waals surface area contributed by atoms with Gasteiger partial charge in [-0.3, -0.25) is 9.59 Å². The molecule has 0 aliphatic carbocycles. The first-order valence-corrected chi connectivity index (χ1v) is 9.93. The first-order valence-electron chi connectivity index (χ1n) is 9.93. The lowest BCUT2D eigenvalue weighted by Gasteiger charge is -2.28. The lowest BCUT2D eigenvalue weighted by atomic mass is 10.1. The summed E-state index contributed by atoms with van der Waals surface area (Å²) < 4.78 is 39.6. The minimum absolute atomic E-state index is 0.166. The SMILES string of the molecule is C=COC(=O)CCCCC(=O)O[C@@H]1[C@H]2OC(C)(C)O[C@H]2O[C@@H]1[C@H]1COC(C)(C)O1. The molecule has 3 saturated heterocycles. The average Bonchev–Trinajstić information content (AvgIpc) is 3.22. The van der Waals surface area contributed by atoms with Gasteiger partial charge in [0.25, 0.3) is 0 Å². The van der Waals surface area contributed by atoms with Gasteiger partial charge in [0, 0.05) is 12.8 Å². The van der Waals surface area contributed by atoms with Crippen molar-refractivity contribution in [2.45, 2.75) is 95.7 Å². The molecule has 3 fully saturated rings. The second kappa shape index (κ2) is 8.69. The average molecular weight is 414 g/mol. The van der Waals surface area contributed by atoms with Crippen molar-refractivity contribution in [1.29, 1.82) is 0 Å². The Balaban J connectivity index is 1.56. The lowest BCUT2D eigenvalue weighted by molar-refractivity contribution is -0.235. The minimum Gasteiger partial charge on any atom is -0.456 e. The Labute approximate surface area is 170 Å². The summed E-state index contributed by atoms with van der Waals surface area (Å²) in [6, 6.07) is 0. The van der Waals surface area contributed by atoms with Gasteiger partial charge in [-0.2, -0.15) is 0 Å². The number of rotatable bonds is 8. The first kappa shape index (κ1) is 22.2. The summed E-state index contributed by atoms with van der Waals surface area (Å²) in [5, 5.41) is 0. The highest BCUT2D eigenvalue weighted by atomic mass is 16.8. The molecule has 3 aliphatic heterocycles. The zero-order chi connectivity index (χ0) is 21.2. The van der Waals surface area contributed by atoms with Crippen molar-refractivity contribution >= 4 is 11.9 Å². The molecule has 164 valence electrons. The molecule has 29 heavy (non-hydrogen) atoms. The number of esters is 2. The molecular formula is C20H30O9. The standard InChI is InChI=1S/C20H30O9/c1-6-23-13(21)9-7-8-10-14(22)25-16-15(12-11-24-19(2,3)27-12)26-18-17(16)28-20(4,5)29-18/h6,12,15-18H,1,7-11H2,2-5H3/t12-,15-,16+,17-,18-/m1/s1. The van der Waals surface area contributed by atoms with E-state index in [0.717, 1.165) is 6.26 Å². The molecule has 0 unspecified atom stereocenters. The smallest absolute Gasteiger partial charge is 0.310 e. The fourth-order valence-electron chi connectivity index (χ4n) is 3.72. The van der Waals surface area contributed by atoms with E-state index in [1.807, 2.05) is 13.8 Å². The van der Waals surface area contributed by atoms with Crippen LogP contribution in [0.1, 0.15) is 53.4 Å². The van der Waals surface area contributed by atoms with Crippen LogP contribution < -0.4 is 0 Å². The Morgan fingerprint density at radius 1 is 1.00 bits per heavy atom. The molecule has 3 heterocycles. The van der Waals surface area contributed by atoms with Crippen LogP contribution in [0, 0.1) is 0 Å². The Morgan fingerprint density at radius 2 is 1.69 bits per heavy atom. The van der Waals surface area contributed by atoms with Crippen LogP contribution in [0.5, 0.6) is 0 Å². The van der Waals surface area contributed by atoms with Crippen molar-refractivity contribution in [3.8, 4) is 0 Å². The molecule has 0 N–H and O–H groups in total. The molecule has 0 aromatic rings. The van der Waals surface area contributed by atoms with Gasteiger partial charge < -0.3 is 33.2 Å². The normalized spacial score (nSPS) is 34.6. The summed E-state index contributed by atoms with van der Waals surface area (Å²) in [7, 11) is 0. The number of unbranched alkanes of at least 4 members (excludes halogenated alkanes) is 1. The van der Waals surface area contributed by atoms with Gasteiger partial charge in [-0.05, 0) is 40.5 Å². The van der Waals surface area contributed by atoms with Crippen LogP contribution in [0.2, 0.25) is 0 Å². The number of hydrogen-bond donors (Lipinski definition) is 0. The molecule has 0 aromatic carbocycles. The summed E-state index contributed by atoms with van der Waals surface area (Å²) >= 11 is 0. The van der Waals surface area contributed by atoms with Gasteiger partial charge in [0.05, 0.1) is 12.9 Å². The highest BCUT2D eigenvalue weighted by molar-refractivity contribution is 5.71. The van der Waals surface area contributed by atoms with Gasteiger partial charge in [-0.15, -0.1) is 0 Å². The maximum absolute atomic E-state index is 12.4. The van der Waals surface area contributed by atoms with Gasteiger partial charge in [-0.25, -0.2) is 0 Å². The molecule has 9 heteroatoms. The molecule has 3 rings (SSSR count). The predicted molar refractivity (Wildman–Crippen MR) is 98.2 cm³/mol. The van der Waals surface area contributed by atoms with Crippen LogP contribution in [0.4, 0.5) is 0 Å². The van der Waals surface area contributed by atoms with Gasteiger partial charge in [-0.1, -0.05) is 6.58 Å². The van der Waals surface area contributed by atoms with E-state index in [0.29, 0.717) is 19.4 Å². The van der Waals surface area contributed by atoms with E-state index in [9.17, 15) is 9.59 Å². The minimum atomic E-state index is -0.831. The maximum Gasteiger partial charge on any atom is 0.310 e. The van der Waals surface area contributed by atoms with Gasteiger partial charge in [0.1, 0.15) is 12.2 Å². The number of carbonyl (C=O) groups is 2. The van der Waals surface area contributed by atoms with Crippen molar-refractivity contribution < 1.29 is 42.7 Å². The van der Waals surface area contributed by atoms with E-state index in [2.05, 4.69) is 11.3 Å². The second-order valence-electron chi connectivity index (χ2n) is 8.25. The highest BCUT2D eigenvalue weighted by Crippen LogP contribution is 2.42. The van der Waals surface area contributed by atoms with Crippen molar-refractivity contribution in [2.24, 2.45) is 0 Å². The summed E-state index contributed by atoms with van der Waals surface area (Å²) in [4.78, 5) is 23.7. The Kier molecular flexibility index (Phi) is 6.64. The van der Waals surface area contributed by atoms with E-state index in [4.69, 9.17) is 28.4 Å². The predicted octanol–water partition coefficient (Wildman–Crippen LogP) is 2.17. The lowest BCUT2D eigenvalue weighted by Crippen LogP contribution is -2.45. The fraction of sp³-hybridized carbons (Fsp3) is 0.800. The largest absolute Gasteiger partial charge is 0.456 e. The van der Waals surface area contributed by atoms with Crippen LogP contribution >= 0.6 is 0 Å². The monoisotopic (exact) mass is 414 g/mol. The maximum atomic E-state index is 12.4. The molecule has 0 spiro atoms. The zero-order valence-electron chi connectivity index (χ0n) is 17.4. The quantitative estimate of drug-likeness (QED) is 0.336. The third-order valence-corrected chi connectivity index (χ3v) is 4.92. The van der Waals surface area contributed by atoms with Gasteiger partial charge in [0.2, 0.25) is 0 Å². The van der Waals surface area contributed by atoms with E-state index in [-0.39, 0.29) is 18.8 Å². The molecule has 5 atom stereocenters. The van der Waals surface area contributed by atoms with Crippen LogP contribution in [-0.2, 0) is 42.7 Å². The Hall–Kier alpha value is -1.52. The third kappa shape index (κ3) is 5.55. The summed E-state index contributed by atoms with van der Waals surface area (Å²) in [6.07, 6.45) is -0.354. The number of carbonyl (C=O) groups excluding carboxylic acids is 2. The molecule has 0 amide bonds. The molecule has 0 aromatic heterocycles. The topological polar surface area (TPSA) is 98.8 Å². The Morgan fingerprint density at radius 3 is 2.31 bits per heavy atom. The first-order chi connectivity index (χ1) is 13.6. The van der Waals surface area contributed by atoms with Gasteiger partial charge >= 0.3 is 11.9 Å². The van der Waals surface area contributed by atoms with Crippen LogP contribution in [0.25, 0.3) is 0 Å². The number of hydrogen-bond acceptors (Lipinski definition) is 9. The third-order valence-electron chi connectivity index (χ3n) is 4.92. The van der Waals surface area contributed by atoms with Crippen LogP contribution in [0.15, 0.2) is 12.8 Å². The van der Waals surface area contributed by atoms with Crippen molar-refractivity contribution in [2.75, 3.05) is 6.61 Å². The molecule has 9 nitrogen and oxygen atoms in total. The molecular weight excluding hydrogens is 384 g/mol. The van der Waals surface area contributed by atoms with Crippen molar-refractivity contribution in [3.63, 3.8) is 0 Å². The molecule has 0 radical (unpaired) electrons. The summed E-state index contributed by atoms with van der Waals surface area (Å²) in [6.45, 7) is 10.8. The molecule has 3 aliphatic rings. The van der Waals surface area contributed by atoms with Crippen LogP contribution in [0.3, 0.4) is 0 Å². The summed E-state index contributed by atoms with van der Waals surface area (Å²) in [5.74, 6) is -2.34. The van der Waals surface area contributed by atoms with Crippen LogP contribution in [-0.4, -0.2) is 60.8 Å². The number of ether oxygens (including phenoxy) is 7. The second-order valence-corrected chi connectivity index (χ2v) is 8.25. The molecule has 0 saturated carbocycles. The highest BCUT2D eigenvalue weighted by Gasteiger charge is 2.59. The van der Waals surface area contributed by atoms with Crippen molar-refractivity contribution in [3.05, 3.63) is 12.8 Å². The van der Waals surface area contributed by atoms with E-state index < -0.39 is 48.2 Å². The zero-order valence-corrected chi connectivity index (χ0v) is 17.4. The fourth-order valence-corrected chi connectivity index (χ4v) is 3.72. The number of fused-ring (bicyclic) bond motifs is 1. The summed E-state index contributed by atoms with van der Waals surface area (Å²) in [5.41, 5.74) is 0.